The number of aliphatic carboxylic acids is 1. The average Bonchev–Trinajstić information content (AvgIpc) is 2.72. The third-order valence-electron chi connectivity index (χ3n) is 3.48. The van der Waals surface area contributed by atoms with Crippen molar-refractivity contribution in [2.24, 2.45) is 0 Å². The molecule has 5 heteroatoms. The Morgan fingerprint density at radius 2 is 1.95 bits per heavy atom. The normalized spacial score (nSPS) is 13.2. The van der Waals surface area contributed by atoms with Crippen LogP contribution in [0.3, 0.4) is 0 Å². The van der Waals surface area contributed by atoms with Crippen molar-refractivity contribution in [3.8, 4) is 0 Å². The van der Waals surface area contributed by atoms with Crippen LogP contribution in [0.1, 0.15) is 55.3 Å². The van der Waals surface area contributed by atoms with Crippen molar-refractivity contribution in [2.45, 2.75) is 46.5 Å². The minimum Gasteiger partial charge on any atom is -0.481 e. The molecule has 2 aromatic heterocycles. The van der Waals surface area contributed by atoms with E-state index in [-0.39, 0.29) is 0 Å². The maximum absolute atomic E-state index is 11.2. The van der Waals surface area contributed by atoms with Crippen molar-refractivity contribution in [1.29, 1.82) is 0 Å². The van der Waals surface area contributed by atoms with E-state index in [9.17, 15) is 9.90 Å². The van der Waals surface area contributed by atoms with E-state index < -0.39 is 11.9 Å². The van der Waals surface area contributed by atoms with E-state index in [4.69, 9.17) is 0 Å². The summed E-state index contributed by atoms with van der Waals surface area (Å²) in [5, 5.41) is 13.7. The van der Waals surface area contributed by atoms with E-state index in [1.54, 1.807) is 11.4 Å². The Morgan fingerprint density at radius 3 is 2.47 bits per heavy atom. The molecule has 19 heavy (non-hydrogen) atoms. The first-order valence-corrected chi connectivity index (χ1v) is 6.42. The van der Waals surface area contributed by atoms with Gasteiger partial charge in [0.15, 0.2) is 5.65 Å². The Balaban J connectivity index is 2.70. The van der Waals surface area contributed by atoms with Gasteiger partial charge in [-0.15, -0.1) is 0 Å². The molecule has 2 aromatic rings. The monoisotopic (exact) mass is 261 g/mol. The molecule has 0 aliphatic rings. The van der Waals surface area contributed by atoms with Crippen LogP contribution < -0.4 is 0 Å². The van der Waals surface area contributed by atoms with Gasteiger partial charge in [-0.2, -0.15) is 5.10 Å². The van der Waals surface area contributed by atoms with E-state index in [0.29, 0.717) is 5.92 Å². The van der Waals surface area contributed by atoms with Crippen LogP contribution in [0.5, 0.6) is 0 Å². The SMILES string of the molecule is Cc1nc2cc(C(C)C)nn2c(C)c1C(C)C(=O)O. The molecule has 0 fully saturated rings. The molecule has 0 amide bonds. The van der Waals surface area contributed by atoms with E-state index in [1.165, 1.54) is 0 Å². The lowest BCUT2D eigenvalue weighted by atomic mass is 9.98. The maximum Gasteiger partial charge on any atom is 0.310 e. The number of rotatable bonds is 3. The lowest BCUT2D eigenvalue weighted by molar-refractivity contribution is -0.138. The predicted octanol–water partition coefficient (Wildman–Crippen LogP) is 2.66. The first-order valence-electron chi connectivity index (χ1n) is 6.42. The molecule has 1 atom stereocenters. The zero-order valence-electron chi connectivity index (χ0n) is 11.9. The molecule has 0 radical (unpaired) electrons. The highest BCUT2D eigenvalue weighted by molar-refractivity contribution is 5.76. The van der Waals surface area contributed by atoms with Crippen molar-refractivity contribution in [2.75, 3.05) is 0 Å². The van der Waals surface area contributed by atoms with Crippen LogP contribution in [-0.2, 0) is 4.79 Å². The van der Waals surface area contributed by atoms with Crippen LogP contribution in [0.4, 0.5) is 0 Å². The highest BCUT2D eigenvalue weighted by atomic mass is 16.4. The van der Waals surface area contributed by atoms with Crippen LogP contribution >= 0.6 is 0 Å². The largest absolute Gasteiger partial charge is 0.481 e. The summed E-state index contributed by atoms with van der Waals surface area (Å²) in [5.41, 5.74) is 4.10. The van der Waals surface area contributed by atoms with Gasteiger partial charge in [-0.1, -0.05) is 13.8 Å². The Kier molecular flexibility index (Phi) is 3.30. The second-order valence-electron chi connectivity index (χ2n) is 5.25. The van der Waals surface area contributed by atoms with Crippen LogP contribution in [-0.4, -0.2) is 25.7 Å². The zero-order valence-corrected chi connectivity index (χ0v) is 11.9. The fourth-order valence-corrected chi connectivity index (χ4v) is 2.36. The Morgan fingerprint density at radius 1 is 1.32 bits per heavy atom. The van der Waals surface area contributed by atoms with Gasteiger partial charge >= 0.3 is 5.97 Å². The van der Waals surface area contributed by atoms with E-state index >= 15 is 0 Å². The zero-order chi connectivity index (χ0) is 14.3. The van der Waals surface area contributed by atoms with Crippen molar-refractivity contribution in [3.63, 3.8) is 0 Å². The molecule has 5 nitrogen and oxygen atoms in total. The molecular formula is C14H19N3O2. The lowest BCUT2D eigenvalue weighted by Gasteiger charge is -2.14. The Bertz CT molecular complexity index is 644. The van der Waals surface area contributed by atoms with Crippen molar-refractivity contribution < 1.29 is 9.90 Å². The molecule has 0 aromatic carbocycles. The van der Waals surface area contributed by atoms with Crippen LogP contribution in [0.15, 0.2) is 6.07 Å². The van der Waals surface area contributed by atoms with E-state index in [1.807, 2.05) is 19.9 Å². The lowest BCUT2D eigenvalue weighted by Crippen LogP contribution is -2.14. The summed E-state index contributed by atoms with van der Waals surface area (Å²) < 4.78 is 1.75. The minimum absolute atomic E-state index is 0.321. The number of carboxylic acids is 1. The molecule has 0 aliphatic heterocycles. The second kappa shape index (κ2) is 4.64. The number of hydrogen-bond acceptors (Lipinski definition) is 3. The number of aryl methyl sites for hydroxylation is 2. The number of aromatic nitrogens is 3. The Hall–Kier alpha value is -1.91. The standard InChI is InChI=1S/C14H19N3O2/c1-7(2)11-6-12-15-9(4)13(8(3)14(18)19)10(5)17(12)16-11/h6-8H,1-5H3,(H,18,19). The van der Waals surface area contributed by atoms with Gasteiger partial charge < -0.3 is 5.11 Å². The molecular weight excluding hydrogens is 242 g/mol. The second-order valence-corrected chi connectivity index (χ2v) is 5.25. The Labute approximate surface area is 112 Å². The highest BCUT2D eigenvalue weighted by Crippen LogP contribution is 2.25. The van der Waals surface area contributed by atoms with Crippen LogP contribution in [0.2, 0.25) is 0 Å². The number of carbonyl (C=O) groups is 1. The summed E-state index contributed by atoms with van der Waals surface area (Å²) in [5.74, 6) is -1.10. The van der Waals surface area contributed by atoms with Crippen molar-refractivity contribution in [1.82, 2.24) is 14.6 Å². The van der Waals surface area contributed by atoms with Gasteiger partial charge in [0.25, 0.3) is 0 Å². The first-order chi connectivity index (χ1) is 8.82. The van der Waals surface area contributed by atoms with Gasteiger partial charge in [-0.25, -0.2) is 9.50 Å². The number of fused-ring (bicyclic) bond motifs is 1. The molecule has 0 bridgehead atoms. The van der Waals surface area contributed by atoms with Gasteiger partial charge in [0.2, 0.25) is 0 Å². The summed E-state index contributed by atoms with van der Waals surface area (Å²) in [4.78, 5) is 15.7. The molecule has 0 spiro atoms. The van der Waals surface area contributed by atoms with Gasteiger partial charge in [0.05, 0.1) is 11.6 Å². The predicted molar refractivity (Wildman–Crippen MR) is 72.6 cm³/mol. The molecule has 1 unspecified atom stereocenters. The van der Waals surface area contributed by atoms with Crippen molar-refractivity contribution in [3.05, 3.63) is 28.7 Å². The van der Waals surface area contributed by atoms with E-state index in [0.717, 1.165) is 28.3 Å². The molecule has 2 heterocycles. The summed E-state index contributed by atoms with van der Waals surface area (Å²) in [6.07, 6.45) is 0. The van der Waals surface area contributed by atoms with Gasteiger partial charge in [0, 0.05) is 23.0 Å². The minimum atomic E-state index is -0.844. The van der Waals surface area contributed by atoms with Crippen LogP contribution in [0, 0.1) is 13.8 Å². The molecule has 0 saturated heterocycles. The molecule has 0 saturated carbocycles. The third kappa shape index (κ3) is 2.20. The number of nitrogens with zero attached hydrogens (tertiary/aromatic N) is 3. The highest BCUT2D eigenvalue weighted by Gasteiger charge is 2.22. The molecule has 2 rings (SSSR count). The van der Waals surface area contributed by atoms with E-state index in [2.05, 4.69) is 23.9 Å². The fraction of sp³-hybridized carbons (Fsp3) is 0.500. The summed E-state index contributed by atoms with van der Waals surface area (Å²) in [7, 11) is 0. The third-order valence-corrected chi connectivity index (χ3v) is 3.48. The summed E-state index contributed by atoms with van der Waals surface area (Å²) in [6, 6.07) is 1.96. The van der Waals surface area contributed by atoms with Crippen LogP contribution in [0.25, 0.3) is 5.65 Å². The summed E-state index contributed by atoms with van der Waals surface area (Å²) >= 11 is 0. The first kappa shape index (κ1) is 13.5. The van der Waals surface area contributed by atoms with Gasteiger partial charge in [-0.05, 0) is 26.7 Å². The fourth-order valence-electron chi connectivity index (χ4n) is 2.36. The smallest absolute Gasteiger partial charge is 0.310 e. The quantitative estimate of drug-likeness (QED) is 0.922. The van der Waals surface area contributed by atoms with Gasteiger partial charge in [-0.3, -0.25) is 4.79 Å². The molecule has 1 N–H and O–H groups in total. The molecule has 102 valence electrons. The summed E-state index contributed by atoms with van der Waals surface area (Å²) in [6.45, 7) is 9.57. The molecule has 0 aliphatic carbocycles. The average molecular weight is 261 g/mol. The number of hydrogen-bond donors (Lipinski definition) is 1. The maximum atomic E-state index is 11.2. The topological polar surface area (TPSA) is 67.5 Å². The van der Waals surface area contributed by atoms with Crippen molar-refractivity contribution >= 4 is 11.6 Å². The van der Waals surface area contributed by atoms with Gasteiger partial charge in [0.1, 0.15) is 0 Å². The number of carboxylic acid groups (broad SMARTS) is 1.